The Balaban J connectivity index is 2.81. The Morgan fingerprint density at radius 3 is 2.88 bits per heavy atom. The number of benzene rings is 1. The number of hydrogen-bond acceptors (Lipinski definition) is 5. The van der Waals surface area contributed by atoms with Crippen LogP contribution >= 0.6 is 0 Å². The van der Waals surface area contributed by atoms with Crippen molar-refractivity contribution < 1.29 is 14.8 Å². The van der Waals surface area contributed by atoms with E-state index in [4.69, 9.17) is 4.74 Å². The van der Waals surface area contributed by atoms with E-state index in [1.807, 2.05) is 0 Å². The van der Waals surface area contributed by atoms with Gasteiger partial charge in [-0.25, -0.2) is 4.98 Å². The minimum Gasteiger partial charge on any atom is -0.502 e. The molecule has 1 aromatic carbocycles. The second kappa shape index (κ2) is 3.65. The molecule has 0 bridgehead atoms. The zero-order valence-corrected chi connectivity index (χ0v) is 8.38. The van der Waals surface area contributed by atoms with Gasteiger partial charge in [-0.1, -0.05) is 6.07 Å². The number of nitro groups is 1. The Kier molecular flexibility index (Phi) is 2.32. The van der Waals surface area contributed by atoms with Gasteiger partial charge < -0.3 is 9.84 Å². The predicted octanol–water partition coefficient (Wildman–Crippen LogP) is 1.86. The van der Waals surface area contributed by atoms with Gasteiger partial charge in [0.25, 0.3) is 0 Å². The van der Waals surface area contributed by atoms with Crippen LogP contribution in [0.3, 0.4) is 0 Å². The molecule has 0 saturated carbocycles. The summed E-state index contributed by atoms with van der Waals surface area (Å²) in [4.78, 5) is 13.8. The predicted molar refractivity (Wildman–Crippen MR) is 56.6 cm³/mol. The smallest absolute Gasteiger partial charge is 0.329 e. The first-order valence-electron chi connectivity index (χ1n) is 4.44. The van der Waals surface area contributed by atoms with E-state index in [1.54, 1.807) is 18.2 Å². The molecule has 6 heteroatoms. The Morgan fingerprint density at radius 2 is 2.25 bits per heavy atom. The van der Waals surface area contributed by atoms with Gasteiger partial charge in [0.05, 0.1) is 17.4 Å². The number of fused-ring (bicyclic) bond motifs is 1. The van der Waals surface area contributed by atoms with Crippen LogP contribution in [0.25, 0.3) is 10.9 Å². The highest BCUT2D eigenvalue weighted by atomic mass is 16.6. The third-order valence-electron chi connectivity index (χ3n) is 2.23. The van der Waals surface area contributed by atoms with E-state index in [2.05, 4.69) is 4.98 Å². The van der Waals surface area contributed by atoms with Crippen LogP contribution in [0, 0.1) is 10.1 Å². The van der Waals surface area contributed by atoms with E-state index in [9.17, 15) is 15.2 Å². The zero-order valence-electron chi connectivity index (χ0n) is 8.38. The molecule has 6 nitrogen and oxygen atoms in total. The van der Waals surface area contributed by atoms with Crippen molar-refractivity contribution in [3.05, 3.63) is 34.5 Å². The van der Waals surface area contributed by atoms with Crippen LogP contribution in [-0.2, 0) is 0 Å². The lowest BCUT2D eigenvalue weighted by Gasteiger charge is -2.05. The monoisotopic (exact) mass is 220 g/mol. The van der Waals surface area contributed by atoms with Gasteiger partial charge >= 0.3 is 5.69 Å². The molecular formula is C10H8N2O4. The molecule has 1 heterocycles. The summed E-state index contributed by atoms with van der Waals surface area (Å²) in [5, 5.41) is 20.6. The molecule has 0 amide bonds. The highest BCUT2D eigenvalue weighted by Crippen LogP contribution is 2.35. The lowest BCUT2D eigenvalue weighted by Crippen LogP contribution is -1.93. The van der Waals surface area contributed by atoms with E-state index in [-0.39, 0.29) is 0 Å². The summed E-state index contributed by atoms with van der Waals surface area (Å²) in [5.41, 5.74) is -0.0196. The van der Waals surface area contributed by atoms with E-state index >= 15 is 0 Å². The van der Waals surface area contributed by atoms with Crippen molar-refractivity contribution in [2.75, 3.05) is 7.11 Å². The number of para-hydroxylation sites is 1. The van der Waals surface area contributed by atoms with Crippen LogP contribution < -0.4 is 4.74 Å². The Labute approximate surface area is 90.3 Å². The van der Waals surface area contributed by atoms with Gasteiger partial charge in [0.1, 0.15) is 17.5 Å². The summed E-state index contributed by atoms with van der Waals surface area (Å²) in [6.07, 6.45) is 1.01. The molecule has 0 saturated heterocycles. The third-order valence-corrected chi connectivity index (χ3v) is 2.23. The van der Waals surface area contributed by atoms with Crippen molar-refractivity contribution >= 4 is 16.6 Å². The largest absolute Gasteiger partial charge is 0.502 e. The summed E-state index contributed by atoms with van der Waals surface area (Å²) >= 11 is 0. The first-order valence-corrected chi connectivity index (χ1v) is 4.44. The molecule has 2 aromatic rings. The van der Waals surface area contributed by atoms with Gasteiger partial charge in [0.15, 0.2) is 0 Å². The number of aromatic hydroxyl groups is 1. The first kappa shape index (κ1) is 10.2. The van der Waals surface area contributed by atoms with Gasteiger partial charge in [-0.3, -0.25) is 10.1 Å². The van der Waals surface area contributed by atoms with Gasteiger partial charge in [0.2, 0.25) is 5.75 Å². The van der Waals surface area contributed by atoms with E-state index < -0.39 is 16.4 Å². The highest BCUT2D eigenvalue weighted by molar-refractivity contribution is 5.92. The standard InChI is InChI=1S/C10H8N2O4/c1-16-8-4-2-3-6-9(8)11-5-7(10(6)13)12(14)15/h2-5H,1H3,(H,11,13). The van der Waals surface area contributed by atoms with Crippen molar-refractivity contribution in [2.24, 2.45) is 0 Å². The number of aromatic nitrogens is 1. The minimum atomic E-state index is -0.679. The van der Waals surface area contributed by atoms with Crippen LogP contribution in [-0.4, -0.2) is 22.1 Å². The molecular weight excluding hydrogens is 212 g/mol. The molecule has 0 fully saturated rings. The molecule has 0 unspecified atom stereocenters. The van der Waals surface area contributed by atoms with Crippen LogP contribution in [0.4, 0.5) is 5.69 Å². The maximum absolute atomic E-state index is 10.6. The summed E-state index contributed by atoms with van der Waals surface area (Å²) in [6.45, 7) is 0. The highest BCUT2D eigenvalue weighted by Gasteiger charge is 2.18. The molecule has 0 atom stereocenters. The fourth-order valence-corrected chi connectivity index (χ4v) is 1.47. The first-order chi connectivity index (χ1) is 7.65. The molecule has 2 rings (SSSR count). The van der Waals surface area contributed by atoms with Gasteiger partial charge in [-0.15, -0.1) is 0 Å². The Morgan fingerprint density at radius 1 is 1.50 bits per heavy atom. The second-order valence-corrected chi connectivity index (χ2v) is 3.11. The van der Waals surface area contributed by atoms with Crippen molar-refractivity contribution in [1.82, 2.24) is 4.98 Å². The summed E-state index contributed by atoms with van der Waals surface area (Å²) in [6, 6.07) is 4.85. The number of nitrogens with zero attached hydrogens (tertiary/aromatic N) is 2. The second-order valence-electron chi connectivity index (χ2n) is 3.11. The number of ether oxygens (including phenoxy) is 1. The fourth-order valence-electron chi connectivity index (χ4n) is 1.47. The average molecular weight is 220 g/mol. The normalized spacial score (nSPS) is 10.3. The van der Waals surface area contributed by atoms with E-state index in [1.165, 1.54) is 7.11 Å². The quantitative estimate of drug-likeness (QED) is 0.616. The maximum atomic E-state index is 10.6. The molecule has 1 aromatic heterocycles. The van der Waals surface area contributed by atoms with Gasteiger partial charge in [-0.2, -0.15) is 0 Å². The lowest BCUT2D eigenvalue weighted by molar-refractivity contribution is -0.386. The summed E-state index contributed by atoms with van der Waals surface area (Å²) in [7, 11) is 1.47. The Bertz CT molecular complexity index is 568. The lowest BCUT2D eigenvalue weighted by atomic mass is 10.2. The number of pyridine rings is 1. The number of hydrogen-bond donors (Lipinski definition) is 1. The molecule has 16 heavy (non-hydrogen) atoms. The van der Waals surface area contributed by atoms with Crippen molar-refractivity contribution in [3.8, 4) is 11.5 Å². The molecule has 0 spiro atoms. The summed E-state index contributed by atoms with van der Waals surface area (Å²) < 4.78 is 5.04. The van der Waals surface area contributed by atoms with Crippen LogP contribution in [0.1, 0.15) is 0 Å². The Hall–Kier alpha value is -2.37. The minimum absolute atomic E-state index is 0.300. The van der Waals surface area contributed by atoms with E-state index in [0.717, 1.165) is 6.20 Å². The van der Waals surface area contributed by atoms with Gasteiger partial charge in [-0.05, 0) is 12.1 Å². The van der Waals surface area contributed by atoms with E-state index in [0.29, 0.717) is 16.7 Å². The maximum Gasteiger partial charge on any atom is 0.329 e. The molecule has 82 valence electrons. The summed E-state index contributed by atoms with van der Waals surface area (Å²) in [5.74, 6) is 0.0663. The SMILES string of the molecule is COc1cccc2c(O)c([N+](=O)[O-])cnc12. The topological polar surface area (TPSA) is 85.5 Å². The molecule has 0 aliphatic rings. The van der Waals surface area contributed by atoms with Gasteiger partial charge in [0, 0.05) is 0 Å². The molecule has 1 N–H and O–H groups in total. The molecule has 0 radical (unpaired) electrons. The zero-order chi connectivity index (χ0) is 11.7. The number of methoxy groups -OCH3 is 1. The molecule has 0 aliphatic carbocycles. The van der Waals surface area contributed by atoms with Crippen molar-refractivity contribution in [1.29, 1.82) is 0 Å². The fraction of sp³-hybridized carbons (Fsp3) is 0.100. The van der Waals surface area contributed by atoms with Crippen LogP contribution in [0.2, 0.25) is 0 Å². The van der Waals surface area contributed by atoms with Crippen molar-refractivity contribution in [2.45, 2.75) is 0 Å². The molecule has 0 aliphatic heterocycles. The van der Waals surface area contributed by atoms with Crippen LogP contribution in [0.15, 0.2) is 24.4 Å². The van der Waals surface area contributed by atoms with Crippen molar-refractivity contribution in [3.63, 3.8) is 0 Å². The average Bonchev–Trinajstić information content (AvgIpc) is 2.28. The van der Waals surface area contributed by atoms with Crippen LogP contribution in [0.5, 0.6) is 11.5 Å². The third kappa shape index (κ3) is 1.40. The number of rotatable bonds is 2.